The number of anilines is 1. The number of carbonyl (C=O) groups excluding carboxylic acids is 1. The quantitative estimate of drug-likeness (QED) is 0.736. The molecule has 0 radical (unpaired) electrons. The van der Waals surface area contributed by atoms with Gasteiger partial charge in [0.2, 0.25) is 5.91 Å². The number of aromatic amines is 1. The summed E-state index contributed by atoms with van der Waals surface area (Å²) in [7, 11) is 0. The van der Waals surface area contributed by atoms with Crippen molar-refractivity contribution in [1.29, 1.82) is 0 Å². The second kappa shape index (κ2) is 5.81. The molecule has 0 fully saturated rings. The van der Waals surface area contributed by atoms with Gasteiger partial charge in [0.1, 0.15) is 5.82 Å². The predicted molar refractivity (Wildman–Crippen MR) is 86.8 cm³/mol. The highest BCUT2D eigenvalue weighted by atomic mass is 35.5. The van der Waals surface area contributed by atoms with Crippen LogP contribution in [-0.4, -0.2) is 10.9 Å². The highest BCUT2D eigenvalue weighted by Gasteiger charge is 2.13. The topological polar surface area (TPSA) is 44.9 Å². The number of halogens is 2. The lowest BCUT2D eigenvalue weighted by atomic mass is 10.1. The molecule has 1 aromatic heterocycles. The van der Waals surface area contributed by atoms with Crippen molar-refractivity contribution in [3.05, 3.63) is 64.6 Å². The Morgan fingerprint density at radius 2 is 2.09 bits per heavy atom. The molecule has 1 heterocycles. The van der Waals surface area contributed by atoms with E-state index >= 15 is 0 Å². The van der Waals surface area contributed by atoms with Crippen molar-refractivity contribution in [2.24, 2.45) is 0 Å². The van der Waals surface area contributed by atoms with Crippen LogP contribution in [0.4, 0.5) is 10.1 Å². The maximum atomic E-state index is 13.1. The molecule has 112 valence electrons. The molecule has 0 aliphatic carbocycles. The first kappa shape index (κ1) is 14.6. The van der Waals surface area contributed by atoms with Crippen molar-refractivity contribution in [1.82, 2.24) is 4.98 Å². The van der Waals surface area contributed by atoms with Crippen LogP contribution in [0.3, 0.4) is 0 Å². The maximum absolute atomic E-state index is 13.1. The molecule has 22 heavy (non-hydrogen) atoms. The van der Waals surface area contributed by atoms with Crippen LogP contribution in [0, 0.1) is 12.7 Å². The Morgan fingerprint density at radius 1 is 1.27 bits per heavy atom. The molecule has 3 aromatic rings. The second-order valence-corrected chi connectivity index (χ2v) is 5.59. The third-order valence-corrected chi connectivity index (χ3v) is 3.76. The van der Waals surface area contributed by atoms with Gasteiger partial charge in [0.15, 0.2) is 0 Å². The predicted octanol–water partition coefficient (Wildman–Crippen LogP) is 4.45. The zero-order chi connectivity index (χ0) is 15.7. The average Bonchev–Trinajstić information content (AvgIpc) is 2.75. The van der Waals surface area contributed by atoms with E-state index < -0.39 is 0 Å². The number of H-pyrrole nitrogens is 1. The van der Waals surface area contributed by atoms with E-state index in [0.29, 0.717) is 10.7 Å². The molecule has 0 saturated carbocycles. The van der Waals surface area contributed by atoms with Crippen molar-refractivity contribution < 1.29 is 9.18 Å². The van der Waals surface area contributed by atoms with E-state index in [1.165, 1.54) is 12.1 Å². The van der Waals surface area contributed by atoms with Gasteiger partial charge < -0.3 is 10.3 Å². The Labute approximate surface area is 132 Å². The standard InChI is InChI=1S/C17H14ClFN2O/c1-10-14(15-7-11(18)5-6-16(15)20-10)9-17(22)21-13-4-2-3-12(19)8-13/h2-8,20H,9H2,1H3,(H,21,22). The van der Waals surface area contributed by atoms with E-state index in [0.717, 1.165) is 22.2 Å². The first-order valence-electron chi connectivity index (χ1n) is 6.85. The van der Waals surface area contributed by atoms with Gasteiger partial charge >= 0.3 is 0 Å². The van der Waals surface area contributed by atoms with Gasteiger partial charge in [-0.05, 0) is 48.9 Å². The number of carbonyl (C=O) groups is 1. The molecule has 0 saturated heterocycles. The Hall–Kier alpha value is -2.33. The largest absolute Gasteiger partial charge is 0.358 e. The summed E-state index contributed by atoms with van der Waals surface area (Å²) in [5, 5.41) is 4.26. The molecular weight excluding hydrogens is 303 g/mol. The number of fused-ring (bicyclic) bond motifs is 1. The summed E-state index contributed by atoms with van der Waals surface area (Å²) < 4.78 is 13.1. The minimum Gasteiger partial charge on any atom is -0.358 e. The van der Waals surface area contributed by atoms with Gasteiger partial charge in [-0.3, -0.25) is 4.79 Å². The molecule has 1 amide bonds. The molecule has 2 aromatic carbocycles. The number of benzene rings is 2. The highest BCUT2D eigenvalue weighted by Crippen LogP contribution is 2.26. The van der Waals surface area contributed by atoms with Gasteiger partial charge in [-0.1, -0.05) is 17.7 Å². The van der Waals surface area contributed by atoms with Gasteiger partial charge in [0.05, 0.1) is 6.42 Å². The summed E-state index contributed by atoms with van der Waals surface area (Å²) in [6, 6.07) is 11.4. The van der Waals surface area contributed by atoms with Crippen LogP contribution in [0.15, 0.2) is 42.5 Å². The molecule has 3 rings (SSSR count). The van der Waals surface area contributed by atoms with E-state index in [4.69, 9.17) is 11.6 Å². The first-order valence-corrected chi connectivity index (χ1v) is 7.23. The fraction of sp³-hybridized carbons (Fsp3) is 0.118. The summed E-state index contributed by atoms with van der Waals surface area (Å²) in [5.41, 5.74) is 3.20. The molecule has 0 atom stereocenters. The van der Waals surface area contributed by atoms with Crippen molar-refractivity contribution in [3.8, 4) is 0 Å². The Morgan fingerprint density at radius 3 is 2.86 bits per heavy atom. The van der Waals surface area contributed by atoms with Gasteiger partial charge in [-0.25, -0.2) is 4.39 Å². The van der Waals surface area contributed by atoms with E-state index in [9.17, 15) is 9.18 Å². The fourth-order valence-corrected chi connectivity index (χ4v) is 2.69. The zero-order valence-electron chi connectivity index (χ0n) is 11.9. The molecule has 0 aliphatic rings. The van der Waals surface area contributed by atoms with Crippen LogP contribution in [0.5, 0.6) is 0 Å². The van der Waals surface area contributed by atoms with Gasteiger partial charge in [0.25, 0.3) is 0 Å². The van der Waals surface area contributed by atoms with Crippen molar-refractivity contribution in [2.45, 2.75) is 13.3 Å². The second-order valence-electron chi connectivity index (χ2n) is 5.15. The summed E-state index contributed by atoms with van der Waals surface area (Å²) in [4.78, 5) is 15.4. The highest BCUT2D eigenvalue weighted by molar-refractivity contribution is 6.31. The minimum absolute atomic E-state index is 0.197. The monoisotopic (exact) mass is 316 g/mol. The van der Waals surface area contributed by atoms with E-state index in [2.05, 4.69) is 10.3 Å². The van der Waals surface area contributed by atoms with E-state index in [-0.39, 0.29) is 18.1 Å². The Kier molecular flexibility index (Phi) is 3.86. The van der Waals surface area contributed by atoms with Crippen LogP contribution in [0.25, 0.3) is 10.9 Å². The van der Waals surface area contributed by atoms with Crippen LogP contribution >= 0.6 is 11.6 Å². The summed E-state index contributed by atoms with van der Waals surface area (Å²) in [6.07, 6.45) is 0.197. The number of aromatic nitrogens is 1. The SMILES string of the molecule is Cc1[nH]c2ccc(Cl)cc2c1CC(=O)Nc1cccc(F)c1. The van der Waals surface area contributed by atoms with Crippen LogP contribution < -0.4 is 5.32 Å². The lowest BCUT2D eigenvalue weighted by molar-refractivity contribution is -0.115. The Bertz CT molecular complexity index is 857. The van der Waals surface area contributed by atoms with Crippen molar-refractivity contribution >= 4 is 34.1 Å². The van der Waals surface area contributed by atoms with E-state index in [1.54, 1.807) is 18.2 Å². The third-order valence-electron chi connectivity index (χ3n) is 3.53. The number of rotatable bonds is 3. The van der Waals surface area contributed by atoms with Gasteiger partial charge in [-0.2, -0.15) is 0 Å². The summed E-state index contributed by atoms with van der Waals surface area (Å²) in [6.45, 7) is 1.92. The normalized spacial score (nSPS) is 10.9. The van der Waals surface area contributed by atoms with Crippen LogP contribution in [-0.2, 0) is 11.2 Å². The Balaban J connectivity index is 1.85. The minimum atomic E-state index is -0.382. The van der Waals surface area contributed by atoms with Crippen molar-refractivity contribution in [2.75, 3.05) is 5.32 Å². The average molecular weight is 317 g/mol. The summed E-state index contributed by atoms with van der Waals surface area (Å²) in [5.74, 6) is -0.581. The molecule has 2 N–H and O–H groups in total. The molecule has 0 bridgehead atoms. The van der Waals surface area contributed by atoms with Gasteiger partial charge in [-0.15, -0.1) is 0 Å². The number of hydrogen-bond acceptors (Lipinski definition) is 1. The lowest BCUT2D eigenvalue weighted by Crippen LogP contribution is -2.14. The molecule has 3 nitrogen and oxygen atoms in total. The lowest BCUT2D eigenvalue weighted by Gasteiger charge is -2.06. The first-order chi connectivity index (χ1) is 10.5. The number of hydrogen-bond donors (Lipinski definition) is 2. The molecule has 0 spiro atoms. The number of nitrogens with one attached hydrogen (secondary N) is 2. The van der Waals surface area contributed by atoms with Crippen molar-refractivity contribution in [3.63, 3.8) is 0 Å². The number of aryl methyl sites for hydroxylation is 1. The zero-order valence-corrected chi connectivity index (χ0v) is 12.7. The number of amides is 1. The smallest absolute Gasteiger partial charge is 0.228 e. The fourth-order valence-electron chi connectivity index (χ4n) is 2.51. The van der Waals surface area contributed by atoms with Crippen LogP contribution in [0.1, 0.15) is 11.3 Å². The maximum Gasteiger partial charge on any atom is 0.228 e. The molecule has 0 aliphatic heterocycles. The molecule has 0 unspecified atom stereocenters. The molecule has 5 heteroatoms. The summed E-state index contributed by atoms with van der Waals surface area (Å²) >= 11 is 6.03. The van der Waals surface area contributed by atoms with Crippen LogP contribution in [0.2, 0.25) is 5.02 Å². The van der Waals surface area contributed by atoms with E-state index in [1.807, 2.05) is 19.1 Å². The van der Waals surface area contributed by atoms with Gasteiger partial charge in [0, 0.05) is 27.3 Å². The third kappa shape index (κ3) is 2.97. The molecular formula is C17H14ClFN2O.